The Bertz CT molecular complexity index is 565. The van der Waals surface area contributed by atoms with E-state index in [1.807, 2.05) is 29.2 Å². The third-order valence-electron chi connectivity index (χ3n) is 3.30. The van der Waals surface area contributed by atoms with Gasteiger partial charge < -0.3 is 4.74 Å². The number of hydrazine groups is 1. The molecule has 0 saturated carbocycles. The second kappa shape index (κ2) is 6.54. The zero-order valence-electron chi connectivity index (χ0n) is 12.3. The first-order valence-electron chi connectivity index (χ1n) is 6.82. The van der Waals surface area contributed by atoms with Gasteiger partial charge in [0.2, 0.25) is 0 Å². The number of nitrogens with one attached hydrogen (secondary N) is 1. The normalized spacial score (nSPS) is 12.4. The Labute approximate surface area is 119 Å². The van der Waals surface area contributed by atoms with Crippen LogP contribution in [0.25, 0.3) is 0 Å². The summed E-state index contributed by atoms with van der Waals surface area (Å²) in [4.78, 5) is 0. The second-order valence-corrected chi connectivity index (χ2v) is 4.88. The lowest BCUT2D eigenvalue weighted by Gasteiger charge is -2.18. The largest absolute Gasteiger partial charge is 0.496 e. The molecule has 2 aromatic rings. The van der Waals surface area contributed by atoms with Crippen LogP contribution in [0.3, 0.4) is 0 Å². The maximum Gasteiger partial charge on any atom is 0.124 e. The van der Waals surface area contributed by atoms with Crippen molar-refractivity contribution in [2.24, 2.45) is 5.84 Å². The summed E-state index contributed by atoms with van der Waals surface area (Å²) in [7, 11) is 1.67. The molecule has 0 amide bonds. The van der Waals surface area contributed by atoms with Gasteiger partial charge in [-0.1, -0.05) is 24.6 Å². The minimum atomic E-state index is -0.129. The van der Waals surface area contributed by atoms with Gasteiger partial charge in [-0.3, -0.25) is 10.5 Å². The van der Waals surface area contributed by atoms with Gasteiger partial charge in [0.1, 0.15) is 5.75 Å². The van der Waals surface area contributed by atoms with Crippen LogP contribution in [0.1, 0.15) is 36.1 Å². The molecule has 1 atom stereocenters. The number of rotatable bonds is 6. The van der Waals surface area contributed by atoms with Crippen LogP contribution in [-0.2, 0) is 6.54 Å². The summed E-state index contributed by atoms with van der Waals surface area (Å²) in [5.74, 6) is 6.57. The number of methoxy groups -OCH3 is 1. The first-order valence-corrected chi connectivity index (χ1v) is 6.82. The van der Waals surface area contributed by atoms with Gasteiger partial charge in [-0.15, -0.1) is 0 Å². The fourth-order valence-electron chi connectivity index (χ4n) is 2.32. The molecule has 3 N–H and O–H groups in total. The monoisotopic (exact) mass is 274 g/mol. The number of hydrogen-bond donors (Lipinski definition) is 2. The van der Waals surface area contributed by atoms with Gasteiger partial charge in [-0.05, 0) is 19.4 Å². The summed E-state index contributed by atoms with van der Waals surface area (Å²) in [5.41, 5.74) is 6.08. The number of nitrogens with two attached hydrogens (primary N) is 1. The molecule has 0 aliphatic rings. The van der Waals surface area contributed by atoms with E-state index in [0.29, 0.717) is 0 Å². The lowest BCUT2D eigenvalue weighted by atomic mass is 9.99. The van der Waals surface area contributed by atoms with Gasteiger partial charge in [-0.25, -0.2) is 5.43 Å². The van der Waals surface area contributed by atoms with Gasteiger partial charge in [0.15, 0.2) is 0 Å². The van der Waals surface area contributed by atoms with Crippen LogP contribution in [0, 0.1) is 6.92 Å². The molecule has 108 valence electrons. The van der Waals surface area contributed by atoms with Crippen molar-refractivity contribution in [1.29, 1.82) is 0 Å². The highest BCUT2D eigenvalue weighted by Crippen LogP contribution is 2.30. The highest BCUT2D eigenvalue weighted by Gasteiger charge is 2.18. The Morgan fingerprint density at radius 3 is 2.90 bits per heavy atom. The van der Waals surface area contributed by atoms with Crippen molar-refractivity contribution in [1.82, 2.24) is 15.2 Å². The average Bonchev–Trinajstić information content (AvgIpc) is 2.89. The fourth-order valence-corrected chi connectivity index (χ4v) is 2.32. The molecule has 1 heterocycles. The highest BCUT2D eigenvalue weighted by atomic mass is 16.5. The van der Waals surface area contributed by atoms with Crippen molar-refractivity contribution in [3.8, 4) is 5.75 Å². The molecule has 20 heavy (non-hydrogen) atoms. The van der Waals surface area contributed by atoms with Crippen molar-refractivity contribution in [2.75, 3.05) is 7.11 Å². The summed E-state index contributed by atoms with van der Waals surface area (Å²) in [6, 6.07) is 5.94. The van der Waals surface area contributed by atoms with Gasteiger partial charge in [0.25, 0.3) is 0 Å². The quantitative estimate of drug-likeness (QED) is 0.626. The van der Waals surface area contributed by atoms with E-state index >= 15 is 0 Å². The summed E-state index contributed by atoms with van der Waals surface area (Å²) in [5, 5.41) is 4.36. The number of benzene rings is 1. The molecular weight excluding hydrogens is 252 g/mol. The predicted molar refractivity (Wildman–Crippen MR) is 79.4 cm³/mol. The van der Waals surface area contributed by atoms with Gasteiger partial charge >= 0.3 is 0 Å². The highest BCUT2D eigenvalue weighted by molar-refractivity contribution is 5.43. The van der Waals surface area contributed by atoms with E-state index in [1.54, 1.807) is 7.11 Å². The molecule has 0 aliphatic heterocycles. The molecule has 2 rings (SSSR count). The first-order chi connectivity index (χ1) is 9.69. The Hall–Kier alpha value is -1.85. The van der Waals surface area contributed by atoms with E-state index in [0.717, 1.165) is 29.8 Å². The maximum atomic E-state index is 5.75. The number of aryl methyl sites for hydroxylation is 2. The van der Waals surface area contributed by atoms with Crippen LogP contribution in [-0.4, -0.2) is 16.9 Å². The standard InChI is InChI=1S/C15H22N4O/c1-4-7-19-10-12(9-17-19)15(18-16)13-8-11(2)5-6-14(13)20-3/h5-6,8-10,15,18H,4,7,16H2,1-3H3. The van der Waals surface area contributed by atoms with Crippen molar-refractivity contribution >= 4 is 0 Å². The van der Waals surface area contributed by atoms with Crippen LogP contribution in [0.4, 0.5) is 0 Å². The van der Waals surface area contributed by atoms with Gasteiger partial charge in [0, 0.05) is 23.9 Å². The predicted octanol–water partition coefficient (Wildman–Crippen LogP) is 2.16. The number of nitrogens with zero attached hydrogens (tertiary/aromatic N) is 2. The van der Waals surface area contributed by atoms with Crippen LogP contribution >= 0.6 is 0 Å². The molecule has 1 aromatic heterocycles. The molecule has 1 aromatic carbocycles. The van der Waals surface area contributed by atoms with Crippen LogP contribution in [0.15, 0.2) is 30.6 Å². The van der Waals surface area contributed by atoms with E-state index in [9.17, 15) is 0 Å². The molecule has 5 nitrogen and oxygen atoms in total. The van der Waals surface area contributed by atoms with Gasteiger partial charge in [0.05, 0.1) is 19.3 Å². The molecule has 0 fully saturated rings. The van der Waals surface area contributed by atoms with Gasteiger partial charge in [-0.2, -0.15) is 5.10 Å². The Morgan fingerprint density at radius 2 is 2.25 bits per heavy atom. The smallest absolute Gasteiger partial charge is 0.124 e. The molecular formula is C15H22N4O. The minimum Gasteiger partial charge on any atom is -0.496 e. The molecule has 0 saturated heterocycles. The van der Waals surface area contributed by atoms with Crippen molar-refractivity contribution in [3.05, 3.63) is 47.3 Å². The third-order valence-corrected chi connectivity index (χ3v) is 3.30. The van der Waals surface area contributed by atoms with E-state index in [1.165, 1.54) is 5.56 Å². The van der Waals surface area contributed by atoms with E-state index in [4.69, 9.17) is 10.6 Å². The molecule has 0 bridgehead atoms. The molecule has 0 spiro atoms. The Balaban J connectivity index is 2.38. The van der Waals surface area contributed by atoms with E-state index < -0.39 is 0 Å². The molecule has 0 radical (unpaired) electrons. The summed E-state index contributed by atoms with van der Waals surface area (Å²) in [6.45, 7) is 5.09. The summed E-state index contributed by atoms with van der Waals surface area (Å²) >= 11 is 0. The van der Waals surface area contributed by atoms with E-state index in [2.05, 4.69) is 30.4 Å². The Kier molecular flexibility index (Phi) is 4.76. The zero-order chi connectivity index (χ0) is 14.5. The average molecular weight is 274 g/mol. The van der Waals surface area contributed by atoms with Crippen molar-refractivity contribution in [3.63, 3.8) is 0 Å². The molecule has 5 heteroatoms. The van der Waals surface area contributed by atoms with E-state index in [-0.39, 0.29) is 6.04 Å². The molecule has 1 unspecified atom stereocenters. The third kappa shape index (κ3) is 3.00. The van der Waals surface area contributed by atoms with Crippen molar-refractivity contribution < 1.29 is 4.74 Å². The Morgan fingerprint density at radius 1 is 1.45 bits per heavy atom. The topological polar surface area (TPSA) is 65.1 Å². The zero-order valence-corrected chi connectivity index (χ0v) is 12.3. The minimum absolute atomic E-state index is 0.129. The number of ether oxygens (including phenoxy) is 1. The van der Waals surface area contributed by atoms with Crippen LogP contribution in [0.5, 0.6) is 5.75 Å². The SMILES string of the molecule is CCCn1cc(C(NN)c2cc(C)ccc2OC)cn1. The number of aromatic nitrogens is 2. The van der Waals surface area contributed by atoms with Crippen LogP contribution < -0.4 is 16.0 Å². The summed E-state index contributed by atoms with van der Waals surface area (Å²) in [6.07, 6.45) is 4.92. The lowest BCUT2D eigenvalue weighted by molar-refractivity contribution is 0.404. The molecule has 0 aliphatic carbocycles. The lowest BCUT2D eigenvalue weighted by Crippen LogP contribution is -2.29. The van der Waals surface area contributed by atoms with Crippen LogP contribution in [0.2, 0.25) is 0 Å². The first kappa shape index (κ1) is 14.6. The fraction of sp³-hybridized carbons (Fsp3) is 0.400. The maximum absolute atomic E-state index is 5.75. The second-order valence-electron chi connectivity index (χ2n) is 4.88. The summed E-state index contributed by atoms with van der Waals surface area (Å²) < 4.78 is 7.37. The van der Waals surface area contributed by atoms with Crippen molar-refractivity contribution in [2.45, 2.75) is 32.9 Å². The number of hydrogen-bond acceptors (Lipinski definition) is 4.